The maximum absolute atomic E-state index is 11.8. The minimum atomic E-state index is -3.06. The molecule has 1 N–H and O–H groups in total. The van der Waals surface area contributed by atoms with Gasteiger partial charge in [0.1, 0.15) is 0 Å². The number of aliphatic hydroxyl groups is 1. The molecule has 1 fully saturated rings. The second kappa shape index (κ2) is 4.65. The molecule has 3 nitrogen and oxygen atoms in total. The van der Waals surface area contributed by atoms with Crippen LogP contribution in [0.15, 0.2) is 0 Å². The molecule has 16 heavy (non-hydrogen) atoms. The fraction of sp³-hybridized carbons (Fsp3) is 1.00. The Morgan fingerprint density at radius 3 is 2.31 bits per heavy atom. The van der Waals surface area contributed by atoms with Crippen molar-refractivity contribution >= 4 is 9.84 Å². The molecule has 0 heterocycles. The maximum atomic E-state index is 11.8. The van der Waals surface area contributed by atoms with Crippen LogP contribution < -0.4 is 0 Å². The van der Waals surface area contributed by atoms with Crippen molar-refractivity contribution in [2.75, 3.05) is 6.26 Å². The van der Waals surface area contributed by atoms with Crippen molar-refractivity contribution in [1.29, 1.82) is 0 Å². The SMILES string of the molecule is CCC(C)(C)C1CCC(O)CC1S(C)(=O)=O. The molecule has 0 aromatic heterocycles. The molecule has 1 rings (SSSR count). The van der Waals surface area contributed by atoms with Crippen molar-refractivity contribution in [3.8, 4) is 0 Å². The summed E-state index contributed by atoms with van der Waals surface area (Å²) in [5, 5.41) is 9.27. The van der Waals surface area contributed by atoms with Crippen molar-refractivity contribution in [2.24, 2.45) is 11.3 Å². The van der Waals surface area contributed by atoms with E-state index in [-0.39, 0.29) is 16.6 Å². The van der Waals surface area contributed by atoms with Crippen LogP contribution in [-0.4, -0.2) is 31.1 Å². The predicted molar refractivity (Wildman–Crippen MR) is 66.1 cm³/mol. The number of hydrogen-bond acceptors (Lipinski definition) is 3. The normalized spacial score (nSPS) is 32.7. The van der Waals surface area contributed by atoms with E-state index in [0.717, 1.165) is 19.3 Å². The van der Waals surface area contributed by atoms with Crippen molar-refractivity contribution in [3.05, 3.63) is 0 Å². The molecule has 96 valence electrons. The Bertz CT molecular complexity index is 332. The molecule has 0 aliphatic heterocycles. The smallest absolute Gasteiger partial charge is 0.150 e. The summed E-state index contributed by atoms with van der Waals surface area (Å²) in [5.41, 5.74) is 0.0356. The van der Waals surface area contributed by atoms with E-state index >= 15 is 0 Å². The van der Waals surface area contributed by atoms with E-state index in [0.29, 0.717) is 6.42 Å². The van der Waals surface area contributed by atoms with E-state index in [1.165, 1.54) is 6.26 Å². The first kappa shape index (κ1) is 14.0. The standard InChI is InChI=1S/C12H24O3S/c1-5-12(2,3)10-7-6-9(13)8-11(10)16(4,14)15/h9-11,13H,5-8H2,1-4H3. The van der Waals surface area contributed by atoms with E-state index in [2.05, 4.69) is 20.8 Å². The molecule has 0 aromatic rings. The Hall–Kier alpha value is -0.0900. The van der Waals surface area contributed by atoms with Crippen LogP contribution in [0, 0.1) is 11.3 Å². The van der Waals surface area contributed by atoms with Crippen LogP contribution in [0.5, 0.6) is 0 Å². The first-order valence-electron chi connectivity index (χ1n) is 6.05. The summed E-state index contributed by atoms with van der Waals surface area (Å²) < 4.78 is 23.6. The highest BCUT2D eigenvalue weighted by Gasteiger charge is 2.43. The maximum Gasteiger partial charge on any atom is 0.150 e. The van der Waals surface area contributed by atoms with Gasteiger partial charge in [-0.15, -0.1) is 0 Å². The fourth-order valence-corrected chi connectivity index (χ4v) is 4.41. The van der Waals surface area contributed by atoms with E-state index < -0.39 is 15.9 Å². The highest BCUT2D eigenvalue weighted by atomic mass is 32.2. The highest BCUT2D eigenvalue weighted by Crippen LogP contribution is 2.43. The largest absolute Gasteiger partial charge is 0.393 e. The van der Waals surface area contributed by atoms with Crippen LogP contribution in [0.2, 0.25) is 0 Å². The lowest BCUT2D eigenvalue weighted by atomic mass is 9.69. The van der Waals surface area contributed by atoms with Crippen molar-refractivity contribution in [3.63, 3.8) is 0 Å². The lowest BCUT2D eigenvalue weighted by Crippen LogP contribution is -2.44. The molecule has 0 amide bonds. The van der Waals surface area contributed by atoms with Gasteiger partial charge in [-0.1, -0.05) is 27.2 Å². The molecular weight excluding hydrogens is 224 g/mol. The third kappa shape index (κ3) is 2.98. The summed E-state index contributed by atoms with van der Waals surface area (Å²) in [4.78, 5) is 0. The fourth-order valence-electron chi connectivity index (χ4n) is 2.74. The van der Waals surface area contributed by atoms with Gasteiger partial charge >= 0.3 is 0 Å². The van der Waals surface area contributed by atoms with Gasteiger partial charge in [-0.25, -0.2) is 8.42 Å². The number of hydrogen-bond donors (Lipinski definition) is 1. The minimum Gasteiger partial charge on any atom is -0.393 e. The molecule has 0 aromatic carbocycles. The predicted octanol–water partition coefficient (Wildman–Crippen LogP) is 2.00. The molecule has 4 heteroatoms. The van der Waals surface area contributed by atoms with Crippen molar-refractivity contribution in [2.45, 2.75) is 57.8 Å². The lowest BCUT2D eigenvalue weighted by molar-refractivity contribution is 0.0669. The summed E-state index contributed by atoms with van der Waals surface area (Å²) >= 11 is 0. The molecule has 0 saturated heterocycles. The van der Waals surface area contributed by atoms with Gasteiger partial charge in [-0.05, 0) is 30.6 Å². The van der Waals surface area contributed by atoms with E-state index in [1.807, 2.05) is 0 Å². The molecule has 1 aliphatic rings. The number of aliphatic hydroxyl groups excluding tert-OH is 1. The monoisotopic (exact) mass is 248 g/mol. The zero-order valence-corrected chi connectivity index (χ0v) is 11.5. The minimum absolute atomic E-state index is 0.0356. The Morgan fingerprint density at radius 1 is 1.31 bits per heavy atom. The van der Waals surface area contributed by atoms with E-state index in [9.17, 15) is 13.5 Å². The second-order valence-electron chi connectivity index (χ2n) is 5.78. The molecule has 1 saturated carbocycles. The van der Waals surface area contributed by atoms with Crippen LogP contribution in [0.4, 0.5) is 0 Å². The van der Waals surface area contributed by atoms with Crippen LogP contribution in [-0.2, 0) is 9.84 Å². The van der Waals surface area contributed by atoms with Crippen LogP contribution in [0.25, 0.3) is 0 Å². The summed E-state index contributed by atoms with van der Waals surface area (Å²) in [6.07, 6.45) is 3.80. The first-order valence-corrected chi connectivity index (χ1v) is 8.01. The van der Waals surface area contributed by atoms with Gasteiger partial charge in [-0.3, -0.25) is 0 Å². The Morgan fingerprint density at radius 2 is 1.88 bits per heavy atom. The zero-order chi connectivity index (χ0) is 12.6. The molecule has 3 atom stereocenters. The van der Waals surface area contributed by atoms with Crippen molar-refractivity contribution in [1.82, 2.24) is 0 Å². The summed E-state index contributed by atoms with van der Waals surface area (Å²) in [6.45, 7) is 6.37. The van der Waals surface area contributed by atoms with Gasteiger partial charge in [0.15, 0.2) is 9.84 Å². The van der Waals surface area contributed by atoms with Gasteiger partial charge in [0, 0.05) is 6.26 Å². The lowest BCUT2D eigenvalue weighted by Gasteiger charge is -2.42. The van der Waals surface area contributed by atoms with Gasteiger partial charge in [0.05, 0.1) is 11.4 Å². The quantitative estimate of drug-likeness (QED) is 0.831. The van der Waals surface area contributed by atoms with Gasteiger partial charge in [-0.2, -0.15) is 0 Å². The van der Waals surface area contributed by atoms with Crippen LogP contribution in [0.1, 0.15) is 46.5 Å². The van der Waals surface area contributed by atoms with Gasteiger partial charge < -0.3 is 5.11 Å². The summed E-state index contributed by atoms with van der Waals surface area (Å²) in [6, 6.07) is 0. The first-order chi connectivity index (χ1) is 7.18. The van der Waals surface area contributed by atoms with E-state index in [4.69, 9.17) is 0 Å². The Kier molecular flexibility index (Phi) is 4.06. The molecule has 0 bridgehead atoms. The van der Waals surface area contributed by atoms with Gasteiger partial charge in [0.2, 0.25) is 0 Å². The molecule has 0 spiro atoms. The van der Waals surface area contributed by atoms with Gasteiger partial charge in [0.25, 0.3) is 0 Å². The van der Waals surface area contributed by atoms with E-state index in [1.54, 1.807) is 0 Å². The third-order valence-corrected chi connectivity index (χ3v) is 5.85. The second-order valence-corrected chi connectivity index (χ2v) is 8.05. The Labute approximate surface area is 99.2 Å². The topological polar surface area (TPSA) is 54.4 Å². The van der Waals surface area contributed by atoms with Crippen molar-refractivity contribution < 1.29 is 13.5 Å². The molecular formula is C12H24O3S. The third-order valence-electron chi connectivity index (χ3n) is 4.23. The van der Waals surface area contributed by atoms with Crippen LogP contribution >= 0.6 is 0 Å². The Balaban J connectivity index is 2.98. The highest BCUT2D eigenvalue weighted by molar-refractivity contribution is 7.91. The molecule has 3 unspecified atom stereocenters. The van der Waals surface area contributed by atoms with Crippen LogP contribution in [0.3, 0.4) is 0 Å². The average molecular weight is 248 g/mol. The summed E-state index contributed by atoms with van der Waals surface area (Å²) in [7, 11) is -3.06. The molecule has 0 radical (unpaired) electrons. The number of sulfone groups is 1. The zero-order valence-electron chi connectivity index (χ0n) is 10.7. The molecule has 1 aliphatic carbocycles. The average Bonchev–Trinajstić information content (AvgIpc) is 2.16. The number of rotatable bonds is 3. The summed E-state index contributed by atoms with van der Waals surface area (Å²) in [5.74, 6) is 0.177.